The van der Waals surface area contributed by atoms with Gasteiger partial charge in [-0.2, -0.15) is 0 Å². The number of hydrogen-bond acceptors (Lipinski definition) is 4. The molecule has 5 rings (SSSR count). The predicted octanol–water partition coefficient (Wildman–Crippen LogP) is 5.48. The number of anilines is 1. The monoisotopic (exact) mass is 398 g/mol. The molecule has 0 saturated carbocycles. The molecule has 1 N–H and O–H groups in total. The summed E-state index contributed by atoms with van der Waals surface area (Å²) in [4.78, 5) is 21.7. The minimum absolute atomic E-state index is 0.226. The average Bonchev–Trinajstić information content (AvgIpc) is 3.33. The van der Waals surface area contributed by atoms with Crippen LogP contribution in [0.25, 0.3) is 26.4 Å². The van der Waals surface area contributed by atoms with Crippen molar-refractivity contribution in [2.75, 3.05) is 5.32 Å². The lowest BCUT2D eigenvalue weighted by molar-refractivity contribution is 0.102. The average molecular weight is 398 g/mol. The van der Waals surface area contributed by atoms with Crippen LogP contribution in [0.3, 0.4) is 0 Å². The van der Waals surface area contributed by atoms with E-state index >= 15 is 0 Å². The third kappa shape index (κ3) is 3.28. The van der Waals surface area contributed by atoms with Crippen LogP contribution in [0.2, 0.25) is 0 Å². The van der Waals surface area contributed by atoms with Crippen molar-refractivity contribution in [1.82, 2.24) is 14.4 Å². The van der Waals surface area contributed by atoms with E-state index in [1.165, 1.54) is 10.3 Å². The highest BCUT2D eigenvalue weighted by Crippen LogP contribution is 2.31. The fourth-order valence-corrected chi connectivity index (χ4v) is 4.37. The SMILES string of the molecule is Cc1ccc2nc(-c3ccc(NC(=O)c4cn5c(C)cccc5n4)cc3)sc2c1. The Labute approximate surface area is 171 Å². The Kier molecular flexibility index (Phi) is 4.14. The molecule has 0 radical (unpaired) electrons. The van der Waals surface area contributed by atoms with Gasteiger partial charge < -0.3 is 9.72 Å². The van der Waals surface area contributed by atoms with Gasteiger partial charge in [0.1, 0.15) is 16.3 Å². The Morgan fingerprint density at radius 3 is 2.62 bits per heavy atom. The normalized spacial score (nSPS) is 11.2. The first-order valence-electron chi connectivity index (χ1n) is 9.30. The maximum absolute atomic E-state index is 12.6. The summed E-state index contributed by atoms with van der Waals surface area (Å²) in [6.07, 6.45) is 1.76. The van der Waals surface area contributed by atoms with Crippen molar-refractivity contribution in [3.63, 3.8) is 0 Å². The van der Waals surface area contributed by atoms with Crippen molar-refractivity contribution in [2.24, 2.45) is 0 Å². The summed E-state index contributed by atoms with van der Waals surface area (Å²) in [7, 11) is 0. The van der Waals surface area contributed by atoms with E-state index in [1.807, 2.05) is 53.8 Å². The smallest absolute Gasteiger partial charge is 0.275 e. The topological polar surface area (TPSA) is 59.3 Å². The summed E-state index contributed by atoms with van der Waals surface area (Å²) in [6, 6.07) is 19.8. The summed E-state index contributed by atoms with van der Waals surface area (Å²) >= 11 is 1.67. The highest BCUT2D eigenvalue weighted by atomic mass is 32.1. The van der Waals surface area contributed by atoms with Gasteiger partial charge in [0, 0.05) is 23.1 Å². The molecule has 6 heteroatoms. The van der Waals surface area contributed by atoms with Gasteiger partial charge in [-0.15, -0.1) is 11.3 Å². The van der Waals surface area contributed by atoms with Crippen molar-refractivity contribution in [3.8, 4) is 10.6 Å². The van der Waals surface area contributed by atoms with Gasteiger partial charge in [0.15, 0.2) is 0 Å². The number of thiazole rings is 1. The van der Waals surface area contributed by atoms with Gasteiger partial charge in [0.2, 0.25) is 0 Å². The van der Waals surface area contributed by atoms with Crippen LogP contribution in [0.5, 0.6) is 0 Å². The third-order valence-corrected chi connectivity index (χ3v) is 5.93. The molecule has 1 amide bonds. The molecule has 0 spiro atoms. The number of imidazole rings is 1. The molecule has 142 valence electrons. The number of rotatable bonds is 3. The second-order valence-corrected chi connectivity index (χ2v) is 8.07. The van der Waals surface area contributed by atoms with Crippen LogP contribution in [-0.2, 0) is 0 Å². The first-order valence-corrected chi connectivity index (χ1v) is 10.1. The molecule has 2 aromatic carbocycles. The van der Waals surface area contributed by atoms with Crippen molar-refractivity contribution in [3.05, 3.63) is 83.8 Å². The number of aryl methyl sites for hydroxylation is 2. The Morgan fingerprint density at radius 2 is 1.83 bits per heavy atom. The van der Waals surface area contributed by atoms with E-state index in [9.17, 15) is 4.79 Å². The van der Waals surface area contributed by atoms with Crippen molar-refractivity contribution < 1.29 is 4.79 Å². The van der Waals surface area contributed by atoms with E-state index in [1.54, 1.807) is 17.5 Å². The van der Waals surface area contributed by atoms with Crippen LogP contribution in [-0.4, -0.2) is 20.3 Å². The molecule has 0 aliphatic rings. The predicted molar refractivity (Wildman–Crippen MR) is 118 cm³/mol. The molecular weight excluding hydrogens is 380 g/mol. The van der Waals surface area contributed by atoms with Gasteiger partial charge in [0.25, 0.3) is 5.91 Å². The molecule has 0 saturated heterocycles. The highest BCUT2D eigenvalue weighted by Gasteiger charge is 2.12. The zero-order chi connectivity index (χ0) is 20.0. The number of nitrogens with zero attached hydrogens (tertiary/aromatic N) is 3. The second-order valence-electron chi connectivity index (χ2n) is 7.04. The molecule has 0 aliphatic heterocycles. The largest absolute Gasteiger partial charge is 0.321 e. The highest BCUT2D eigenvalue weighted by molar-refractivity contribution is 7.21. The molecular formula is C23H18N4OS. The molecule has 29 heavy (non-hydrogen) atoms. The van der Waals surface area contributed by atoms with Gasteiger partial charge in [-0.1, -0.05) is 12.1 Å². The maximum Gasteiger partial charge on any atom is 0.275 e. The zero-order valence-electron chi connectivity index (χ0n) is 16.0. The number of nitrogens with one attached hydrogen (secondary N) is 1. The number of fused-ring (bicyclic) bond motifs is 2. The summed E-state index contributed by atoms with van der Waals surface area (Å²) < 4.78 is 3.09. The van der Waals surface area contributed by atoms with Gasteiger partial charge >= 0.3 is 0 Å². The third-order valence-electron chi connectivity index (χ3n) is 4.86. The molecule has 0 bridgehead atoms. The van der Waals surface area contributed by atoms with Gasteiger partial charge in [0.05, 0.1) is 10.2 Å². The molecule has 0 aliphatic carbocycles. The fourth-order valence-electron chi connectivity index (χ4n) is 3.30. The number of carbonyl (C=O) groups is 1. The number of benzene rings is 2. The van der Waals surface area contributed by atoms with E-state index < -0.39 is 0 Å². The first-order chi connectivity index (χ1) is 14.1. The standard InChI is InChI=1S/C23H18N4OS/c1-14-6-11-18-20(12-14)29-23(26-18)16-7-9-17(10-8-16)24-22(28)19-13-27-15(2)4-3-5-21(27)25-19/h3-13H,1-2H3,(H,24,28). The Morgan fingerprint density at radius 1 is 1.00 bits per heavy atom. The number of carbonyl (C=O) groups excluding carboxylic acids is 1. The van der Waals surface area contributed by atoms with Gasteiger partial charge in [-0.3, -0.25) is 4.79 Å². The van der Waals surface area contributed by atoms with Crippen molar-refractivity contribution >= 4 is 38.8 Å². The Balaban J connectivity index is 1.37. The summed E-state index contributed by atoms with van der Waals surface area (Å²) in [5.41, 5.74) is 6.18. The van der Waals surface area contributed by atoms with Crippen LogP contribution in [0.1, 0.15) is 21.7 Å². The van der Waals surface area contributed by atoms with E-state index in [0.717, 1.165) is 33.1 Å². The van der Waals surface area contributed by atoms with Crippen molar-refractivity contribution in [2.45, 2.75) is 13.8 Å². The minimum atomic E-state index is -0.226. The molecule has 0 fully saturated rings. The quantitative estimate of drug-likeness (QED) is 0.438. The van der Waals surface area contributed by atoms with E-state index in [-0.39, 0.29) is 5.91 Å². The summed E-state index contributed by atoms with van der Waals surface area (Å²) in [5, 5.41) is 3.89. The van der Waals surface area contributed by atoms with Crippen LogP contribution >= 0.6 is 11.3 Å². The lowest BCUT2D eigenvalue weighted by Gasteiger charge is -2.04. The number of amides is 1. The molecule has 5 nitrogen and oxygen atoms in total. The number of aromatic nitrogens is 3. The Hall–Kier alpha value is -3.51. The minimum Gasteiger partial charge on any atom is -0.321 e. The van der Waals surface area contributed by atoms with Gasteiger partial charge in [-0.25, -0.2) is 9.97 Å². The maximum atomic E-state index is 12.6. The Bertz CT molecular complexity index is 1370. The lowest BCUT2D eigenvalue weighted by Crippen LogP contribution is -2.12. The molecule has 5 aromatic rings. The number of pyridine rings is 1. The fraction of sp³-hybridized carbons (Fsp3) is 0.0870. The molecule has 3 heterocycles. The van der Waals surface area contributed by atoms with Crippen LogP contribution < -0.4 is 5.32 Å². The van der Waals surface area contributed by atoms with E-state index in [2.05, 4.69) is 35.4 Å². The van der Waals surface area contributed by atoms with Crippen molar-refractivity contribution in [1.29, 1.82) is 0 Å². The summed E-state index contributed by atoms with van der Waals surface area (Å²) in [5.74, 6) is -0.226. The van der Waals surface area contributed by atoms with Crippen LogP contribution in [0, 0.1) is 13.8 Å². The molecule has 0 unspecified atom stereocenters. The van der Waals surface area contributed by atoms with Gasteiger partial charge in [-0.05, 0) is 67.9 Å². The van der Waals surface area contributed by atoms with Crippen LogP contribution in [0.4, 0.5) is 5.69 Å². The van der Waals surface area contributed by atoms with E-state index in [4.69, 9.17) is 4.98 Å². The number of hydrogen-bond donors (Lipinski definition) is 1. The molecule has 0 atom stereocenters. The van der Waals surface area contributed by atoms with Crippen LogP contribution in [0.15, 0.2) is 66.9 Å². The second kappa shape index (κ2) is 6.83. The lowest BCUT2D eigenvalue weighted by atomic mass is 10.2. The molecule has 3 aromatic heterocycles. The zero-order valence-corrected chi connectivity index (χ0v) is 16.8. The first kappa shape index (κ1) is 17.6. The van der Waals surface area contributed by atoms with E-state index in [0.29, 0.717) is 5.69 Å². The summed E-state index contributed by atoms with van der Waals surface area (Å²) in [6.45, 7) is 4.07.